The van der Waals surface area contributed by atoms with E-state index in [2.05, 4.69) is 62.7 Å². The van der Waals surface area contributed by atoms with E-state index in [-0.39, 0.29) is 5.41 Å². The second-order valence-corrected chi connectivity index (χ2v) is 7.75. The van der Waals surface area contributed by atoms with Gasteiger partial charge in [0, 0.05) is 23.9 Å². The first-order valence-corrected chi connectivity index (χ1v) is 9.14. The maximum absolute atomic E-state index is 4.77. The molecule has 0 radical (unpaired) electrons. The Morgan fingerprint density at radius 3 is 2.45 bits per heavy atom. The van der Waals surface area contributed by atoms with Crippen molar-refractivity contribution in [3.8, 4) is 11.3 Å². The van der Waals surface area contributed by atoms with Gasteiger partial charge < -0.3 is 5.32 Å². The molecule has 1 N–H and O–H groups in total. The van der Waals surface area contributed by atoms with Crippen LogP contribution >= 0.6 is 11.3 Å². The molecule has 3 heteroatoms. The van der Waals surface area contributed by atoms with E-state index < -0.39 is 0 Å². The van der Waals surface area contributed by atoms with Gasteiger partial charge in [0.25, 0.3) is 0 Å². The molecule has 2 rings (SSSR count). The summed E-state index contributed by atoms with van der Waals surface area (Å²) >= 11 is 1.77. The largest absolute Gasteiger partial charge is 0.316 e. The monoisotopic (exact) mass is 316 g/mol. The number of aromatic nitrogens is 1. The topological polar surface area (TPSA) is 24.9 Å². The zero-order valence-corrected chi connectivity index (χ0v) is 15.1. The lowest BCUT2D eigenvalue weighted by Crippen LogP contribution is -2.18. The molecule has 2 nitrogen and oxygen atoms in total. The number of nitrogens with zero attached hydrogens (tertiary/aromatic N) is 1. The molecule has 0 aliphatic carbocycles. The Bertz CT molecular complexity index is 564. The summed E-state index contributed by atoms with van der Waals surface area (Å²) in [5.41, 5.74) is 3.89. The van der Waals surface area contributed by atoms with Gasteiger partial charge in [-0.3, -0.25) is 0 Å². The SMILES string of the molecule is CCCCNCCc1nc(-c2ccc(C(C)(C)C)cc2)cs1. The lowest BCUT2D eigenvalue weighted by atomic mass is 9.86. The molecule has 0 bridgehead atoms. The smallest absolute Gasteiger partial charge is 0.0945 e. The van der Waals surface area contributed by atoms with Crippen LogP contribution in [0.25, 0.3) is 11.3 Å². The summed E-state index contributed by atoms with van der Waals surface area (Å²) in [5.74, 6) is 0. The van der Waals surface area contributed by atoms with E-state index in [1.165, 1.54) is 29.0 Å². The van der Waals surface area contributed by atoms with E-state index in [1.807, 2.05) is 0 Å². The van der Waals surface area contributed by atoms with E-state index >= 15 is 0 Å². The molecule has 0 amide bonds. The second-order valence-electron chi connectivity index (χ2n) is 6.81. The molecular formula is C19H28N2S. The van der Waals surface area contributed by atoms with Crippen LogP contribution in [0.15, 0.2) is 29.6 Å². The van der Waals surface area contributed by atoms with Gasteiger partial charge in [-0.05, 0) is 23.9 Å². The fourth-order valence-electron chi connectivity index (χ4n) is 2.32. The highest BCUT2D eigenvalue weighted by Crippen LogP contribution is 2.27. The van der Waals surface area contributed by atoms with Crippen LogP contribution in [0.5, 0.6) is 0 Å². The summed E-state index contributed by atoms with van der Waals surface area (Å²) < 4.78 is 0. The van der Waals surface area contributed by atoms with Crippen molar-refractivity contribution in [2.24, 2.45) is 0 Å². The van der Waals surface area contributed by atoms with Gasteiger partial charge in [-0.2, -0.15) is 0 Å². The molecule has 0 aliphatic heterocycles. The maximum Gasteiger partial charge on any atom is 0.0945 e. The van der Waals surface area contributed by atoms with Crippen molar-refractivity contribution in [2.45, 2.75) is 52.4 Å². The molecule has 120 valence electrons. The van der Waals surface area contributed by atoms with Gasteiger partial charge in [-0.1, -0.05) is 58.4 Å². The summed E-state index contributed by atoms with van der Waals surface area (Å²) in [5, 5.41) is 6.87. The highest BCUT2D eigenvalue weighted by atomic mass is 32.1. The molecule has 1 aromatic heterocycles. The van der Waals surface area contributed by atoms with Crippen LogP contribution in [0.4, 0.5) is 0 Å². The maximum atomic E-state index is 4.77. The fourth-order valence-corrected chi connectivity index (χ4v) is 3.13. The molecule has 1 aromatic carbocycles. The first-order valence-electron chi connectivity index (χ1n) is 8.26. The summed E-state index contributed by atoms with van der Waals surface area (Å²) in [6, 6.07) is 8.83. The molecule has 2 aromatic rings. The number of unbranched alkanes of at least 4 members (excludes halogenated alkanes) is 1. The molecule has 0 unspecified atom stereocenters. The molecule has 0 aliphatic rings. The Morgan fingerprint density at radius 2 is 1.82 bits per heavy atom. The molecule has 0 atom stereocenters. The fraction of sp³-hybridized carbons (Fsp3) is 0.526. The third-order valence-electron chi connectivity index (χ3n) is 3.82. The number of thiazole rings is 1. The quantitative estimate of drug-likeness (QED) is 0.724. The van der Waals surface area contributed by atoms with Crippen molar-refractivity contribution in [3.05, 3.63) is 40.2 Å². The van der Waals surface area contributed by atoms with Crippen LogP contribution in [0.3, 0.4) is 0 Å². The van der Waals surface area contributed by atoms with Crippen molar-refractivity contribution < 1.29 is 0 Å². The lowest BCUT2D eigenvalue weighted by molar-refractivity contribution is 0.590. The average molecular weight is 317 g/mol. The highest BCUT2D eigenvalue weighted by Gasteiger charge is 2.13. The zero-order valence-electron chi connectivity index (χ0n) is 14.3. The number of benzene rings is 1. The van der Waals surface area contributed by atoms with Crippen LogP contribution in [0, 0.1) is 0 Å². The molecule has 1 heterocycles. The van der Waals surface area contributed by atoms with Crippen LogP contribution < -0.4 is 5.32 Å². The highest BCUT2D eigenvalue weighted by molar-refractivity contribution is 7.09. The third-order valence-corrected chi connectivity index (χ3v) is 4.73. The molecule has 22 heavy (non-hydrogen) atoms. The first-order chi connectivity index (χ1) is 10.5. The Morgan fingerprint density at radius 1 is 1.09 bits per heavy atom. The van der Waals surface area contributed by atoms with E-state index in [4.69, 9.17) is 4.98 Å². The van der Waals surface area contributed by atoms with Crippen molar-refractivity contribution in [1.82, 2.24) is 10.3 Å². The number of rotatable bonds is 7. The van der Waals surface area contributed by atoms with Gasteiger partial charge in [0.05, 0.1) is 10.7 Å². The van der Waals surface area contributed by atoms with Crippen LogP contribution in [0.2, 0.25) is 0 Å². The Balaban J connectivity index is 1.93. The zero-order chi connectivity index (χ0) is 16.0. The van der Waals surface area contributed by atoms with Gasteiger partial charge in [0.1, 0.15) is 0 Å². The van der Waals surface area contributed by atoms with Crippen LogP contribution in [-0.2, 0) is 11.8 Å². The Kier molecular flexibility index (Phi) is 6.16. The number of hydrogen-bond acceptors (Lipinski definition) is 3. The second kappa shape index (κ2) is 7.89. The van der Waals surface area contributed by atoms with Crippen molar-refractivity contribution in [1.29, 1.82) is 0 Å². The number of hydrogen-bond donors (Lipinski definition) is 1. The van der Waals surface area contributed by atoms with Crippen molar-refractivity contribution in [3.63, 3.8) is 0 Å². The Hall–Kier alpha value is -1.19. The normalized spacial score (nSPS) is 11.8. The summed E-state index contributed by atoms with van der Waals surface area (Å²) in [7, 11) is 0. The molecule has 0 saturated heterocycles. The Labute approximate surface area is 139 Å². The predicted molar refractivity (Wildman–Crippen MR) is 97.7 cm³/mol. The molecule has 0 fully saturated rings. The minimum Gasteiger partial charge on any atom is -0.316 e. The predicted octanol–water partition coefficient (Wildman–Crippen LogP) is 5.04. The summed E-state index contributed by atoms with van der Waals surface area (Å²) in [6.07, 6.45) is 3.52. The minimum atomic E-state index is 0.204. The summed E-state index contributed by atoms with van der Waals surface area (Å²) in [4.78, 5) is 4.77. The van der Waals surface area contributed by atoms with E-state index in [0.717, 1.165) is 25.2 Å². The summed E-state index contributed by atoms with van der Waals surface area (Å²) in [6.45, 7) is 11.1. The third kappa shape index (κ3) is 4.92. The van der Waals surface area contributed by atoms with Crippen LogP contribution in [-0.4, -0.2) is 18.1 Å². The first kappa shape index (κ1) is 17.2. The van der Waals surface area contributed by atoms with Gasteiger partial charge in [-0.25, -0.2) is 4.98 Å². The van der Waals surface area contributed by atoms with E-state index in [1.54, 1.807) is 11.3 Å². The molecule has 0 spiro atoms. The van der Waals surface area contributed by atoms with Crippen molar-refractivity contribution >= 4 is 11.3 Å². The van der Waals surface area contributed by atoms with E-state index in [0.29, 0.717) is 0 Å². The average Bonchev–Trinajstić information content (AvgIpc) is 2.95. The van der Waals surface area contributed by atoms with Crippen LogP contribution in [0.1, 0.15) is 51.1 Å². The standard InChI is InChI=1S/C19H28N2S/c1-5-6-12-20-13-11-18-21-17(14-22-18)15-7-9-16(10-8-15)19(2,3)4/h7-10,14,20H,5-6,11-13H2,1-4H3. The van der Waals surface area contributed by atoms with Gasteiger partial charge in [0.15, 0.2) is 0 Å². The molecule has 0 saturated carbocycles. The van der Waals surface area contributed by atoms with E-state index in [9.17, 15) is 0 Å². The number of nitrogens with one attached hydrogen (secondary N) is 1. The van der Waals surface area contributed by atoms with Gasteiger partial charge >= 0.3 is 0 Å². The van der Waals surface area contributed by atoms with Crippen molar-refractivity contribution in [2.75, 3.05) is 13.1 Å². The van der Waals surface area contributed by atoms with Gasteiger partial charge in [-0.15, -0.1) is 11.3 Å². The lowest BCUT2D eigenvalue weighted by Gasteiger charge is -2.18. The minimum absolute atomic E-state index is 0.204. The van der Waals surface area contributed by atoms with Gasteiger partial charge in [0.2, 0.25) is 0 Å². The molecular weight excluding hydrogens is 288 g/mol.